The Kier molecular flexibility index (Phi) is 6.83. The molecule has 1 fully saturated rings. The fourth-order valence-electron chi connectivity index (χ4n) is 2.63. The first-order chi connectivity index (χ1) is 11.0. The fraction of sp³-hybridized carbons (Fsp3) is 0.625. The molecular formula is C16H27N3O3S. The standard InChI is InChI=1S/C16H27N3O3S/c1-3-8-17-23(20,21)19-12-10-18(11-13-19)9-7-15-5-4-6-16(14-15)22-2/h4-6,14,17H,3,7-13H2,1-2H3. The summed E-state index contributed by atoms with van der Waals surface area (Å²) in [5, 5.41) is 0. The summed E-state index contributed by atoms with van der Waals surface area (Å²) < 4.78 is 33.6. The van der Waals surface area contributed by atoms with E-state index in [-0.39, 0.29) is 0 Å². The van der Waals surface area contributed by atoms with Crippen molar-refractivity contribution in [3.63, 3.8) is 0 Å². The molecule has 7 heteroatoms. The van der Waals surface area contributed by atoms with Gasteiger partial charge in [0.1, 0.15) is 5.75 Å². The van der Waals surface area contributed by atoms with Gasteiger partial charge in [0.25, 0.3) is 10.2 Å². The van der Waals surface area contributed by atoms with E-state index in [1.54, 1.807) is 11.4 Å². The molecule has 0 spiro atoms. The minimum absolute atomic E-state index is 0.498. The molecule has 23 heavy (non-hydrogen) atoms. The third-order valence-corrected chi connectivity index (χ3v) is 5.67. The number of methoxy groups -OCH3 is 1. The Morgan fingerprint density at radius 3 is 2.61 bits per heavy atom. The maximum absolute atomic E-state index is 12.1. The monoisotopic (exact) mass is 341 g/mol. The largest absolute Gasteiger partial charge is 0.497 e. The van der Waals surface area contributed by atoms with E-state index in [1.165, 1.54) is 5.56 Å². The van der Waals surface area contributed by atoms with Crippen LogP contribution in [0.4, 0.5) is 0 Å². The highest BCUT2D eigenvalue weighted by atomic mass is 32.2. The van der Waals surface area contributed by atoms with Crippen LogP contribution < -0.4 is 9.46 Å². The first-order valence-electron chi connectivity index (χ1n) is 8.15. The average Bonchev–Trinajstić information content (AvgIpc) is 2.59. The van der Waals surface area contributed by atoms with Gasteiger partial charge in [0.15, 0.2) is 0 Å². The molecule has 0 unspecified atom stereocenters. The van der Waals surface area contributed by atoms with Gasteiger partial charge in [-0.3, -0.25) is 0 Å². The quantitative estimate of drug-likeness (QED) is 0.769. The van der Waals surface area contributed by atoms with Crippen molar-refractivity contribution in [1.82, 2.24) is 13.9 Å². The SMILES string of the molecule is CCCNS(=O)(=O)N1CCN(CCc2cccc(OC)c2)CC1. The minimum atomic E-state index is -3.30. The normalized spacial score (nSPS) is 17.3. The summed E-state index contributed by atoms with van der Waals surface area (Å²) in [5.74, 6) is 0.875. The summed E-state index contributed by atoms with van der Waals surface area (Å²) in [4.78, 5) is 2.31. The van der Waals surface area contributed by atoms with Crippen molar-refractivity contribution < 1.29 is 13.2 Å². The van der Waals surface area contributed by atoms with Crippen LogP contribution in [0.2, 0.25) is 0 Å². The molecule has 0 bridgehead atoms. The van der Waals surface area contributed by atoms with Crippen molar-refractivity contribution in [3.05, 3.63) is 29.8 Å². The second kappa shape index (κ2) is 8.63. The lowest BCUT2D eigenvalue weighted by atomic mass is 10.1. The molecule has 6 nitrogen and oxygen atoms in total. The van der Waals surface area contributed by atoms with Gasteiger partial charge in [-0.1, -0.05) is 19.1 Å². The molecule has 1 aromatic rings. The molecule has 130 valence electrons. The van der Waals surface area contributed by atoms with E-state index in [9.17, 15) is 8.42 Å². The smallest absolute Gasteiger partial charge is 0.279 e. The molecule has 0 aliphatic carbocycles. The number of ether oxygens (including phenoxy) is 1. The summed E-state index contributed by atoms with van der Waals surface area (Å²) in [6, 6.07) is 8.09. The molecule has 0 atom stereocenters. The van der Waals surface area contributed by atoms with Crippen LogP contribution in [0.1, 0.15) is 18.9 Å². The molecule has 1 saturated heterocycles. The van der Waals surface area contributed by atoms with Gasteiger partial charge in [-0.05, 0) is 30.5 Å². The Labute approximate surface area is 139 Å². The van der Waals surface area contributed by atoms with Gasteiger partial charge in [0, 0.05) is 39.3 Å². The number of hydrogen-bond donors (Lipinski definition) is 1. The van der Waals surface area contributed by atoms with Gasteiger partial charge in [0.05, 0.1) is 7.11 Å². The molecule has 2 rings (SSSR count). The second-order valence-electron chi connectivity index (χ2n) is 5.74. The van der Waals surface area contributed by atoms with Crippen LogP contribution in [0.3, 0.4) is 0 Å². The summed E-state index contributed by atoms with van der Waals surface area (Å²) in [6.07, 6.45) is 1.75. The van der Waals surface area contributed by atoms with Crippen LogP contribution in [0, 0.1) is 0 Å². The van der Waals surface area contributed by atoms with Crippen LogP contribution in [0.25, 0.3) is 0 Å². The van der Waals surface area contributed by atoms with Gasteiger partial charge >= 0.3 is 0 Å². The number of piperazine rings is 1. The van der Waals surface area contributed by atoms with E-state index in [1.807, 2.05) is 19.1 Å². The molecule has 0 saturated carbocycles. The molecule has 1 aliphatic heterocycles. The highest BCUT2D eigenvalue weighted by Gasteiger charge is 2.25. The predicted octanol–water partition coefficient (Wildman–Crippen LogP) is 1.10. The molecule has 1 N–H and O–H groups in total. The topological polar surface area (TPSA) is 61.9 Å². The zero-order valence-electron chi connectivity index (χ0n) is 14.0. The Bertz CT molecular complexity index is 584. The molecular weight excluding hydrogens is 314 g/mol. The van der Waals surface area contributed by atoms with Crippen molar-refractivity contribution in [2.45, 2.75) is 19.8 Å². The molecule has 0 aromatic heterocycles. The van der Waals surface area contributed by atoms with Crippen LogP contribution in [0.5, 0.6) is 5.75 Å². The first kappa shape index (κ1) is 18.2. The lowest BCUT2D eigenvalue weighted by molar-refractivity contribution is 0.189. The van der Waals surface area contributed by atoms with E-state index in [2.05, 4.69) is 21.8 Å². The number of nitrogens with one attached hydrogen (secondary N) is 1. The number of hydrogen-bond acceptors (Lipinski definition) is 4. The first-order valence-corrected chi connectivity index (χ1v) is 9.59. The maximum Gasteiger partial charge on any atom is 0.279 e. The van der Waals surface area contributed by atoms with Gasteiger partial charge < -0.3 is 9.64 Å². The van der Waals surface area contributed by atoms with Crippen molar-refractivity contribution in [1.29, 1.82) is 0 Å². The van der Waals surface area contributed by atoms with Crippen molar-refractivity contribution in [3.8, 4) is 5.75 Å². The Hall–Kier alpha value is -1.15. The van der Waals surface area contributed by atoms with E-state index >= 15 is 0 Å². The lowest BCUT2D eigenvalue weighted by Gasteiger charge is -2.33. The van der Waals surface area contributed by atoms with Crippen LogP contribution >= 0.6 is 0 Å². The Balaban J connectivity index is 1.78. The Morgan fingerprint density at radius 2 is 1.96 bits per heavy atom. The molecule has 0 radical (unpaired) electrons. The molecule has 1 aromatic carbocycles. The lowest BCUT2D eigenvalue weighted by Crippen LogP contribution is -2.52. The van der Waals surface area contributed by atoms with Gasteiger partial charge in [-0.25, -0.2) is 4.72 Å². The highest BCUT2D eigenvalue weighted by Crippen LogP contribution is 2.14. The summed E-state index contributed by atoms with van der Waals surface area (Å²) >= 11 is 0. The molecule has 1 heterocycles. The molecule has 0 amide bonds. The van der Waals surface area contributed by atoms with Gasteiger partial charge in [-0.2, -0.15) is 12.7 Å². The third-order valence-electron chi connectivity index (χ3n) is 4.06. The highest BCUT2D eigenvalue weighted by molar-refractivity contribution is 7.87. The zero-order valence-corrected chi connectivity index (χ0v) is 14.8. The van der Waals surface area contributed by atoms with Crippen molar-refractivity contribution in [2.75, 3.05) is 46.4 Å². The van der Waals surface area contributed by atoms with Gasteiger partial charge in [0.2, 0.25) is 0 Å². The summed E-state index contributed by atoms with van der Waals surface area (Å²) in [5.41, 5.74) is 1.24. The third kappa shape index (κ3) is 5.46. The fourth-order valence-corrected chi connectivity index (χ4v) is 3.92. The van der Waals surface area contributed by atoms with E-state index < -0.39 is 10.2 Å². The Morgan fingerprint density at radius 1 is 1.22 bits per heavy atom. The van der Waals surface area contributed by atoms with E-state index in [0.717, 1.165) is 38.2 Å². The maximum atomic E-state index is 12.1. The van der Waals surface area contributed by atoms with Crippen molar-refractivity contribution in [2.24, 2.45) is 0 Å². The number of nitrogens with zero attached hydrogens (tertiary/aromatic N) is 2. The summed E-state index contributed by atoms with van der Waals surface area (Å²) in [6.45, 7) is 6.04. The summed E-state index contributed by atoms with van der Waals surface area (Å²) in [7, 11) is -1.63. The van der Waals surface area contributed by atoms with E-state index in [4.69, 9.17) is 4.74 Å². The van der Waals surface area contributed by atoms with Crippen molar-refractivity contribution >= 4 is 10.2 Å². The second-order valence-corrected chi connectivity index (χ2v) is 7.50. The number of benzene rings is 1. The van der Waals surface area contributed by atoms with Gasteiger partial charge in [-0.15, -0.1) is 0 Å². The zero-order chi connectivity index (χ0) is 16.7. The van der Waals surface area contributed by atoms with Crippen LogP contribution in [-0.2, 0) is 16.6 Å². The van der Waals surface area contributed by atoms with Crippen LogP contribution in [-0.4, -0.2) is 64.0 Å². The van der Waals surface area contributed by atoms with Crippen LogP contribution in [0.15, 0.2) is 24.3 Å². The predicted molar refractivity (Wildman–Crippen MR) is 91.9 cm³/mol. The van der Waals surface area contributed by atoms with E-state index in [0.29, 0.717) is 19.6 Å². The molecule has 1 aliphatic rings. The number of rotatable bonds is 8. The average molecular weight is 341 g/mol. The minimum Gasteiger partial charge on any atom is -0.497 e.